The molecule has 0 aromatic heterocycles. The molecule has 0 bridgehead atoms. The van der Waals surface area contributed by atoms with Crippen LogP contribution in [0.25, 0.3) is 0 Å². The van der Waals surface area contributed by atoms with E-state index in [1.165, 1.54) is 25.3 Å². The molecule has 7 heteroatoms. The first kappa shape index (κ1) is 12.9. The molecule has 1 rings (SSSR count). The Kier molecular flexibility index (Phi) is 4.00. The molecule has 1 aromatic carbocycles. The molecule has 0 aliphatic rings. The van der Waals surface area contributed by atoms with Crippen molar-refractivity contribution in [2.75, 3.05) is 7.11 Å². The third kappa shape index (κ3) is 3.15. The van der Waals surface area contributed by atoms with E-state index in [0.717, 1.165) is 0 Å². The number of nitrogens with zero attached hydrogens (tertiary/aromatic N) is 1. The second-order valence-electron chi connectivity index (χ2n) is 3.41. The predicted octanol–water partition coefficient (Wildman–Crippen LogP) is 0.558. The summed E-state index contributed by atoms with van der Waals surface area (Å²) < 4.78 is 4.86. The van der Waals surface area contributed by atoms with Crippen molar-refractivity contribution in [2.45, 2.75) is 12.5 Å². The summed E-state index contributed by atoms with van der Waals surface area (Å²) in [6, 6.07) is 3.11. The second-order valence-corrected chi connectivity index (χ2v) is 3.41. The Bertz CT molecular complexity index is 446. The molecule has 0 aliphatic heterocycles. The van der Waals surface area contributed by atoms with E-state index in [1.54, 1.807) is 0 Å². The van der Waals surface area contributed by atoms with Crippen LogP contribution in [0.1, 0.15) is 5.56 Å². The van der Waals surface area contributed by atoms with E-state index in [4.69, 9.17) is 15.6 Å². The van der Waals surface area contributed by atoms with Gasteiger partial charge in [-0.25, -0.2) is 0 Å². The van der Waals surface area contributed by atoms with Gasteiger partial charge < -0.3 is 15.6 Å². The highest BCUT2D eigenvalue weighted by atomic mass is 16.6. The molecule has 1 atom stereocenters. The Morgan fingerprint density at radius 3 is 2.76 bits per heavy atom. The third-order valence-electron chi connectivity index (χ3n) is 2.21. The van der Waals surface area contributed by atoms with Gasteiger partial charge in [0.15, 0.2) is 5.75 Å². The zero-order valence-electron chi connectivity index (χ0n) is 9.12. The van der Waals surface area contributed by atoms with Gasteiger partial charge >= 0.3 is 11.7 Å². The van der Waals surface area contributed by atoms with E-state index in [9.17, 15) is 14.9 Å². The van der Waals surface area contributed by atoms with Crippen LogP contribution in [0.5, 0.6) is 5.75 Å². The Balaban J connectivity index is 2.97. The quantitative estimate of drug-likeness (QED) is 0.573. The first-order chi connectivity index (χ1) is 7.95. The molecule has 0 radical (unpaired) electrons. The summed E-state index contributed by atoms with van der Waals surface area (Å²) in [5.41, 5.74) is 5.77. The summed E-state index contributed by atoms with van der Waals surface area (Å²) in [7, 11) is 1.31. The van der Waals surface area contributed by atoms with Crippen LogP contribution in [-0.4, -0.2) is 29.2 Å². The van der Waals surface area contributed by atoms with Gasteiger partial charge in [0, 0.05) is 6.07 Å². The zero-order valence-corrected chi connectivity index (χ0v) is 9.12. The van der Waals surface area contributed by atoms with Crippen molar-refractivity contribution in [1.82, 2.24) is 0 Å². The van der Waals surface area contributed by atoms with E-state index >= 15 is 0 Å². The SMILES string of the molecule is COc1cc(CC(N)C(=O)O)ccc1[N+](=O)[O-]. The fraction of sp³-hybridized carbons (Fsp3) is 0.300. The fourth-order valence-electron chi connectivity index (χ4n) is 1.34. The zero-order chi connectivity index (χ0) is 13.0. The number of nitro benzene ring substituents is 1. The smallest absolute Gasteiger partial charge is 0.320 e. The molecule has 92 valence electrons. The van der Waals surface area contributed by atoms with Gasteiger partial charge in [-0.3, -0.25) is 14.9 Å². The highest BCUT2D eigenvalue weighted by molar-refractivity contribution is 5.73. The number of ether oxygens (including phenoxy) is 1. The maximum Gasteiger partial charge on any atom is 0.320 e. The number of nitrogens with two attached hydrogens (primary N) is 1. The predicted molar refractivity (Wildman–Crippen MR) is 59.0 cm³/mol. The van der Waals surface area contributed by atoms with Crippen LogP contribution in [0.15, 0.2) is 18.2 Å². The highest BCUT2D eigenvalue weighted by Crippen LogP contribution is 2.27. The molecule has 0 fully saturated rings. The Hall–Kier alpha value is -2.15. The van der Waals surface area contributed by atoms with Gasteiger partial charge in [-0.2, -0.15) is 0 Å². The number of hydrogen-bond donors (Lipinski definition) is 2. The van der Waals surface area contributed by atoms with Crippen LogP contribution in [0.3, 0.4) is 0 Å². The molecule has 0 spiro atoms. The van der Waals surface area contributed by atoms with Gasteiger partial charge in [0.05, 0.1) is 12.0 Å². The van der Waals surface area contributed by atoms with Gasteiger partial charge in [-0.1, -0.05) is 6.07 Å². The second kappa shape index (κ2) is 5.26. The number of methoxy groups -OCH3 is 1. The molecular weight excluding hydrogens is 228 g/mol. The van der Waals surface area contributed by atoms with Gasteiger partial charge in [0.2, 0.25) is 0 Å². The van der Waals surface area contributed by atoms with Crippen molar-refractivity contribution in [3.63, 3.8) is 0 Å². The van der Waals surface area contributed by atoms with Crippen molar-refractivity contribution in [2.24, 2.45) is 5.73 Å². The first-order valence-corrected chi connectivity index (χ1v) is 4.75. The number of nitro groups is 1. The van der Waals surface area contributed by atoms with E-state index < -0.39 is 16.9 Å². The number of carboxylic acid groups (broad SMARTS) is 1. The topological polar surface area (TPSA) is 116 Å². The summed E-state index contributed by atoms with van der Waals surface area (Å²) in [4.78, 5) is 20.6. The minimum absolute atomic E-state index is 0.0870. The van der Waals surface area contributed by atoms with E-state index in [2.05, 4.69) is 0 Å². The van der Waals surface area contributed by atoms with E-state index in [1.807, 2.05) is 0 Å². The Morgan fingerprint density at radius 2 is 2.29 bits per heavy atom. The van der Waals surface area contributed by atoms with Gasteiger partial charge in [-0.15, -0.1) is 0 Å². The molecule has 0 amide bonds. The van der Waals surface area contributed by atoms with Crippen LogP contribution in [0, 0.1) is 10.1 Å². The van der Waals surface area contributed by atoms with Gasteiger partial charge in [-0.05, 0) is 18.1 Å². The minimum atomic E-state index is -1.12. The lowest BCUT2D eigenvalue weighted by atomic mass is 10.1. The molecule has 1 unspecified atom stereocenters. The number of carbonyl (C=O) groups is 1. The number of aliphatic carboxylic acids is 1. The van der Waals surface area contributed by atoms with Crippen LogP contribution in [-0.2, 0) is 11.2 Å². The third-order valence-corrected chi connectivity index (χ3v) is 2.21. The van der Waals surface area contributed by atoms with Crippen molar-refractivity contribution in [1.29, 1.82) is 0 Å². The molecule has 0 aliphatic carbocycles. The average molecular weight is 240 g/mol. The fourth-order valence-corrected chi connectivity index (χ4v) is 1.34. The molecule has 7 nitrogen and oxygen atoms in total. The molecule has 1 aromatic rings. The number of hydrogen-bond acceptors (Lipinski definition) is 5. The summed E-state index contributed by atoms with van der Waals surface area (Å²) >= 11 is 0. The Morgan fingerprint density at radius 1 is 1.65 bits per heavy atom. The summed E-state index contributed by atoms with van der Waals surface area (Å²) in [6.07, 6.45) is 0.0870. The maximum absolute atomic E-state index is 10.6. The first-order valence-electron chi connectivity index (χ1n) is 4.75. The van der Waals surface area contributed by atoms with Gasteiger partial charge in [0.1, 0.15) is 6.04 Å². The lowest BCUT2D eigenvalue weighted by Gasteiger charge is -2.08. The summed E-state index contributed by atoms with van der Waals surface area (Å²) in [5, 5.41) is 19.3. The lowest BCUT2D eigenvalue weighted by Crippen LogP contribution is -2.32. The van der Waals surface area contributed by atoms with Crippen LogP contribution in [0.4, 0.5) is 5.69 Å². The van der Waals surface area contributed by atoms with Crippen LogP contribution < -0.4 is 10.5 Å². The maximum atomic E-state index is 10.6. The van der Waals surface area contributed by atoms with Crippen molar-refractivity contribution < 1.29 is 19.6 Å². The Labute approximate surface area is 97.0 Å². The van der Waals surface area contributed by atoms with Crippen LogP contribution in [0.2, 0.25) is 0 Å². The van der Waals surface area contributed by atoms with E-state index in [-0.39, 0.29) is 17.9 Å². The van der Waals surface area contributed by atoms with Gasteiger partial charge in [0.25, 0.3) is 0 Å². The van der Waals surface area contributed by atoms with Crippen molar-refractivity contribution in [3.8, 4) is 5.75 Å². The van der Waals surface area contributed by atoms with E-state index in [0.29, 0.717) is 5.56 Å². The highest BCUT2D eigenvalue weighted by Gasteiger charge is 2.17. The largest absolute Gasteiger partial charge is 0.490 e. The molecule has 0 saturated carbocycles. The van der Waals surface area contributed by atoms with Crippen molar-refractivity contribution >= 4 is 11.7 Å². The molecule has 0 saturated heterocycles. The normalized spacial score (nSPS) is 11.9. The lowest BCUT2D eigenvalue weighted by molar-refractivity contribution is -0.385. The number of carboxylic acids is 1. The molecule has 17 heavy (non-hydrogen) atoms. The summed E-state index contributed by atoms with van der Waals surface area (Å²) in [5.74, 6) is -1.03. The monoisotopic (exact) mass is 240 g/mol. The van der Waals surface area contributed by atoms with Crippen LogP contribution >= 0.6 is 0 Å². The molecular formula is C10H12N2O5. The molecule has 3 N–H and O–H groups in total. The van der Waals surface area contributed by atoms with Crippen molar-refractivity contribution in [3.05, 3.63) is 33.9 Å². The minimum Gasteiger partial charge on any atom is -0.490 e. The molecule has 0 heterocycles. The standard InChI is InChI=1S/C10H12N2O5/c1-17-9-5-6(4-7(11)10(13)14)2-3-8(9)12(15)16/h2-3,5,7H,4,11H2,1H3,(H,13,14). The number of benzene rings is 1. The number of rotatable bonds is 5. The average Bonchev–Trinajstić information content (AvgIpc) is 2.28. The summed E-state index contributed by atoms with van der Waals surface area (Å²) in [6.45, 7) is 0.